The van der Waals surface area contributed by atoms with Crippen molar-refractivity contribution in [1.82, 2.24) is 13.9 Å². The van der Waals surface area contributed by atoms with E-state index >= 15 is 0 Å². The summed E-state index contributed by atoms with van der Waals surface area (Å²) in [5.41, 5.74) is 0.978. The van der Waals surface area contributed by atoms with Gasteiger partial charge in [0, 0.05) is 38.8 Å². The van der Waals surface area contributed by atoms with Crippen molar-refractivity contribution < 1.29 is 13.2 Å². The highest BCUT2D eigenvalue weighted by atomic mass is 32.2. The van der Waals surface area contributed by atoms with Crippen LogP contribution in [0.3, 0.4) is 0 Å². The molecule has 0 aliphatic carbocycles. The van der Waals surface area contributed by atoms with Gasteiger partial charge in [-0.25, -0.2) is 0 Å². The van der Waals surface area contributed by atoms with Crippen LogP contribution < -0.4 is 4.72 Å². The summed E-state index contributed by atoms with van der Waals surface area (Å²) in [7, 11) is -1.87. The minimum Gasteiger partial charge on any atom is -0.376 e. The highest BCUT2D eigenvalue weighted by molar-refractivity contribution is 7.87. The molecule has 1 aromatic carbocycles. The van der Waals surface area contributed by atoms with Crippen LogP contribution in [-0.2, 0) is 21.5 Å². The average Bonchev–Trinajstić information content (AvgIpc) is 2.88. The van der Waals surface area contributed by atoms with Crippen molar-refractivity contribution in [3.8, 4) is 0 Å². The van der Waals surface area contributed by atoms with E-state index in [9.17, 15) is 8.42 Å². The van der Waals surface area contributed by atoms with E-state index in [1.54, 1.807) is 7.05 Å². The number of nitrogens with one attached hydrogen (secondary N) is 1. The lowest BCUT2D eigenvalue weighted by molar-refractivity contribution is -0.0390. The van der Waals surface area contributed by atoms with Crippen molar-refractivity contribution in [2.24, 2.45) is 0 Å². The van der Waals surface area contributed by atoms with Crippen LogP contribution in [0.4, 0.5) is 0 Å². The quantitative estimate of drug-likeness (QED) is 0.863. The fourth-order valence-electron chi connectivity index (χ4n) is 3.35. The molecule has 7 heteroatoms. The number of morpholine rings is 1. The third-order valence-corrected chi connectivity index (χ3v) is 6.15. The zero-order valence-corrected chi connectivity index (χ0v) is 14.5. The molecule has 3 rings (SSSR count). The Morgan fingerprint density at radius 1 is 1.30 bits per heavy atom. The zero-order chi connectivity index (χ0) is 16.4. The van der Waals surface area contributed by atoms with Gasteiger partial charge in [-0.05, 0) is 18.9 Å². The molecular formula is C16H25N3O3S. The summed E-state index contributed by atoms with van der Waals surface area (Å²) < 4.78 is 34.9. The highest BCUT2D eigenvalue weighted by Gasteiger charge is 2.38. The molecule has 2 saturated heterocycles. The average molecular weight is 339 g/mol. The van der Waals surface area contributed by atoms with Gasteiger partial charge in [-0.1, -0.05) is 30.3 Å². The molecular weight excluding hydrogens is 314 g/mol. The third-order valence-electron chi connectivity index (χ3n) is 4.57. The molecule has 23 heavy (non-hydrogen) atoms. The Labute approximate surface area is 138 Å². The van der Waals surface area contributed by atoms with Crippen LogP contribution in [0.1, 0.15) is 18.9 Å². The Hall–Kier alpha value is -0.990. The van der Waals surface area contributed by atoms with E-state index in [4.69, 9.17) is 4.74 Å². The van der Waals surface area contributed by atoms with Crippen LogP contribution in [0.2, 0.25) is 0 Å². The van der Waals surface area contributed by atoms with Crippen molar-refractivity contribution >= 4 is 10.2 Å². The van der Waals surface area contributed by atoms with Gasteiger partial charge in [-0.2, -0.15) is 17.4 Å². The second kappa shape index (κ2) is 6.86. The van der Waals surface area contributed by atoms with E-state index < -0.39 is 10.2 Å². The van der Waals surface area contributed by atoms with Crippen LogP contribution in [0.25, 0.3) is 0 Å². The number of nitrogens with zero attached hydrogens (tertiary/aromatic N) is 2. The van der Waals surface area contributed by atoms with E-state index in [1.165, 1.54) is 4.31 Å². The SMILES string of the molecule is C[C@@H]1CN2C[C@H](NS(=O)(=O)N(C)Cc3ccccc3)C[C@H]2CO1. The normalized spacial score (nSPS) is 28.9. The number of benzene rings is 1. The molecule has 0 amide bonds. The second-order valence-electron chi connectivity index (χ2n) is 6.55. The van der Waals surface area contributed by atoms with Gasteiger partial charge in [0.05, 0.1) is 12.7 Å². The summed E-state index contributed by atoms with van der Waals surface area (Å²) in [5, 5.41) is 0. The molecule has 0 unspecified atom stereocenters. The van der Waals surface area contributed by atoms with Gasteiger partial charge in [0.25, 0.3) is 10.2 Å². The number of rotatable bonds is 5. The highest BCUT2D eigenvalue weighted by Crippen LogP contribution is 2.23. The molecule has 2 aliphatic rings. The second-order valence-corrected chi connectivity index (χ2v) is 8.36. The fraction of sp³-hybridized carbons (Fsp3) is 0.625. The fourth-order valence-corrected chi connectivity index (χ4v) is 4.44. The van der Waals surface area contributed by atoms with Crippen molar-refractivity contribution in [2.75, 3.05) is 26.7 Å². The van der Waals surface area contributed by atoms with Gasteiger partial charge >= 0.3 is 0 Å². The molecule has 0 radical (unpaired) electrons. The summed E-state index contributed by atoms with van der Waals surface area (Å²) >= 11 is 0. The standard InChI is InChI=1S/C16H25N3O3S/c1-13-9-19-11-15(8-16(19)12-22-13)17-23(20,21)18(2)10-14-6-4-3-5-7-14/h3-7,13,15-17H,8-12H2,1-2H3/t13-,15-,16+/m1/s1. The van der Waals surface area contributed by atoms with Crippen LogP contribution in [0.5, 0.6) is 0 Å². The molecule has 2 aliphatic heterocycles. The maximum Gasteiger partial charge on any atom is 0.279 e. The first-order chi connectivity index (χ1) is 10.9. The number of hydrogen-bond acceptors (Lipinski definition) is 4. The molecule has 0 aromatic heterocycles. The Kier molecular flexibility index (Phi) is 5.03. The van der Waals surface area contributed by atoms with E-state index in [2.05, 4.69) is 16.5 Å². The van der Waals surface area contributed by atoms with E-state index in [1.807, 2.05) is 30.3 Å². The minimum atomic E-state index is -3.48. The molecule has 6 nitrogen and oxygen atoms in total. The molecule has 1 aromatic rings. The predicted molar refractivity (Wildman–Crippen MR) is 89.1 cm³/mol. The molecule has 1 N–H and O–H groups in total. The van der Waals surface area contributed by atoms with E-state index in [-0.39, 0.29) is 12.1 Å². The first kappa shape index (κ1) is 16.9. The van der Waals surface area contributed by atoms with Crippen molar-refractivity contribution in [1.29, 1.82) is 0 Å². The van der Waals surface area contributed by atoms with Crippen LogP contribution >= 0.6 is 0 Å². The summed E-state index contributed by atoms with van der Waals surface area (Å²) in [4.78, 5) is 2.33. The molecule has 128 valence electrons. The summed E-state index contributed by atoms with van der Waals surface area (Å²) in [6.07, 6.45) is 1.04. The van der Waals surface area contributed by atoms with E-state index in [0.29, 0.717) is 19.2 Å². The lowest BCUT2D eigenvalue weighted by Crippen LogP contribution is -2.46. The lowest BCUT2D eigenvalue weighted by atomic mass is 10.2. The minimum absolute atomic E-state index is 0.0443. The van der Waals surface area contributed by atoms with Crippen molar-refractivity contribution in [3.05, 3.63) is 35.9 Å². The largest absolute Gasteiger partial charge is 0.376 e. The topological polar surface area (TPSA) is 61.9 Å². The van der Waals surface area contributed by atoms with Crippen molar-refractivity contribution in [2.45, 2.75) is 38.1 Å². The van der Waals surface area contributed by atoms with Gasteiger partial charge in [0.1, 0.15) is 0 Å². The Bertz CT molecular complexity index is 623. The summed E-state index contributed by atoms with van der Waals surface area (Å²) in [6, 6.07) is 9.91. The van der Waals surface area contributed by atoms with Crippen LogP contribution in [-0.4, -0.2) is 62.6 Å². The lowest BCUT2D eigenvalue weighted by Gasteiger charge is -2.33. The first-order valence-corrected chi connectivity index (χ1v) is 9.51. The summed E-state index contributed by atoms with van der Waals surface area (Å²) in [6.45, 7) is 4.76. The Morgan fingerprint density at radius 3 is 2.78 bits per heavy atom. The molecule has 0 spiro atoms. The van der Waals surface area contributed by atoms with Gasteiger partial charge < -0.3 is 4.74 Å². The molecule has 0 saturated carbocycles. The van der Waals surface area contributed by atoms with Crippen LogP contribution in [0, 0.1) is 0 Å². The number of ether oxygens (including phenoxy) is 1. The monoisotopic (exact) mass is 339 g/mol. The maximum atomic E-state index is 12.5. The summed E-state index contributed by atoms with van der Waals surface area (Å²) in [5.74, 6) is 0. The molecule has 2 fully saturated rings. The smallest absolute Gasteiger partial charge is 0.279 e. The van der Waals surface area contributed by atoms with Gasteiger partial charge in [-0.3, -0.25) is 4.90 Å². The van der Waals surface area contributed by atoms with Gasteiger partial charge in [0.2, 0.25) is 0 Å². The number of fused-ring (bicyclic) bond motifs is 1. The maximum absolute atomic E-state index is 12.5. The Balaban J connectivity index is 1.58. The Morgan fingerprint density at radius 2 is 2.04 bits per heavy atom. The van der Waals surface area contributed by atoms with Crippen LogP contribution in [0.15, 0.2) is 30.3 Å². The molecule has 0 bridgehead atoms. The van der Waals surface area contributed by atoms with E-state index in [0.717, 1.165) is 25.1 Å². The predicted octanol–water partition coefficient (Wildman–Crippen LogP) is 0.814. The molecule has 3 atom stereocenters. The first-order valence-electron chi connectivity index (χ1n) is 8.07. The molecule has 2 heterocycles. The van der Waals surface area contributed by atoms with Crippen molar-refractivity contribution in [3.63, 3.8) is 0 Å². The van der Waals surface area contributed by atoms with Gasteiger partial charge in [0.15, 0.2) is 0 Å². The third kappa shape index (κ3) is 4.10. The zero-order valence-electron chi connectivity index (χ0n) is 13.7. The number of hydrogen-bond donors (Lipinski definition) is 1. The van der Waals surface area contributed by atoms with Gasteiger partial charge in [-0.15, -0.1) is 0 Å².